The Bertz CT molecular complexity index is 974. The Morgan fingerprint density at radius 3 is 2.90 bits per heavy atom. The molecule has 0 saturated carbocycles. The molecule has 2 aromatic heterocycles. The minimum atomic E-state index is 0.952. The standard InChI is InChI=1S/C18H14N2/c1-11-7-15(16-8-12(2)20-18(11)16)14-9-13-5-3-4-6-17(13)19-10-14/h3-10,20H,2H2,1H3. The molecule has 0 radical (unpaired) electrons. The third-order valence-electron chi connectivity index (χ3n) is 3.82. The quantitative estimate of drug-likeness (QED) is 0.714. The number of para-hydroxylation sites is 1. The zero-order valence-electron chi connectivity index (χ0n) is 11.3. The van der Waals surface area contributed by atoms with Crippen LogP contribution < -0.4 is 10.7 Å². The number of fused-ring (bicyclic) bond motifs is 2. The van der Waals surface area contributed by atoms with E-state index in [1.807, 2.05) is 24.4 Å². The van der Waals surface area contributed by atoms with Crippen LogP contribution in [0.4, 0.5) is 0 Å². The van der Waals surface area contributed by atoms with Crippen LogP contribution in [0, 0.1) is 0 Å². The highest BCUT2D eigenvalue weighted by molar-refractivity contribution is 5.93. The monoisotopic (exact) mass is 258 g/mol. The fraction of sp³-hybridized carbons (Fsp3) is 0.0556. The molecule has 3 aromatic rings. The van der Waals surface area contributed by atoms with E-state index in [9.17, 15) is 0 Å². The lowest BCUT2D eigenvalue weighted by Gasteiger charge is -2.04. The summed E-state index contributed by atoms with van der Waals surface area (Å²) < 4.78 is 0. The summed E-state index contributed by atoms with van der Waals surface area (Å²) in [5.41, 5.74) is 5.88. The van der Waals surface area contributed by atoms with Gasteiger partial charge in [0.2, 0.25) is 0 Å². The van der Waals surface area contributed by atoms with Gasteiger partial charge in [0.05, 0.1) is 5.52 Å². The zero-order chi connectivity index (χ0) is 13.7. The molecule has 0 unspecified atom stereocenters. The first-order valence-electron chi connectivity index (χ1n) is 6.68. The van der Waals surface area contributed by atoms with E-state index in [-0.39, 0.29) is 0 Å². The Hall–Kier alpha value is -2.61. The Kier molecular flexibility index (Phi) is 2.21. The number of benzene rings is 1. The molecule has 2 heterocycles. The molecule has 0 amide bonds. The zero-order valence-corrected chi connectivity index (χ0v) is 11.3. The van der Waals surface area contributed by atoms with Crippen LogP contribution in [0.1, 0.15) is 18.1 Å². The molecular formula is C18H14N2. The molecule has 2 heteroatoms. The first-order valence-corrected chi connectivity index (χ1v) is 6.68. The molecule has 1 aromatic carbocycles. The third-order valence-corrected chi connectivity index (χ3v) is 3.82. The molecule has 0 fully saturated rings. The fourth-order valence-electron chi connectivity index (χ4n) is 2.86. The molecular weight excluding hydrogens is 244 g/mol. The first-order chi connectivity index (χ1) is 9.72. The van der Waals surface area contributed by atoms with Crippen molar-refractivity contribution in [1.82, 2.24) is 9.97 Å². The molecule has 0 aliphatic heterocycles. The lowest BCUT2D eigenvalue weighted by Crippen LogP contribution is -2.09. The Morgan fingerprint density at radius 1 is 1.15 bits per heavy atom. The number of rotatable bonds is 1. The van der Waals surface area contributed by atoms with Gasteiger partial charge in [-0.05, 0) is 42.3 Å². The molecule has 0 spiro atoms. The Balaban J connectivity index is 1.94. The van der Waals surface area contributed by atoms with Crippen LogP contribution in [0.2, 0.25) is 0 Å². The van der Waals surface area contributed by atoms with E-state index in [4.69, 9.17) is 0 Å². The second-order valence-electron chi connectivity index (χ2n) is 5.24. The van der Waals surface area contributed by atoms with Crippen molar-refractivity contribution in [3.05, 3.63) is 70.5 Å². The van der Waals surface area contributed by atoms with Crippen LogP contribution in [-0.4, -0.2) is 9.97 Å². The number of nitrogens with one attached hydrogen (secondary N) is 1. The van der Waals surface area contributed by atoms with Gasteiger partial charge in [-0.25, -0.2) is 0 Å². The number of hydrogen-bond acceptors (Lipinski definition) is 1. The van der Waals surface area contributed by atoms with Gasteiger partial charge in [-0.1, -0.05) is 24.8 Å². The molecule has 2 nitrogen and oxygen atoms in total. The molecule has 96 valence electrons. The summed E-state index contributed by atoms with van der Waals surface area (Å²) in [7, 11) is 0. The second-order valence-corrected chi connectivity index (χ2v) is 5.24. The average molecular weight is 258 g/mol. The summed E-state index contributed by atoms with van der Waals surface area (Å²) in [6.45, 7) is 6.11. The predicted molar refractivity (Wildman–Crippen MR) is 83.5 cm³/mol. The van der Waals surface area contributed by atoms with Crippen LogP contribution in [-0.2, 0) is 0 Å². The van der Waals surface area contributed by atoms with Crippen molar-refractivity contribution in [2.24, 2.45) is 0 Å². The second kappa shape index (κ2) is 3.94. The maximum absolute atomic E-state index is 4.55. The van der Waals surface area contributed by atoms with Gasteiger partial charge in [-0.3, -0.25) is 4.98 Å². The van der Waals surface area contributed by atoms with Crippen molar-refractivity contribution in [3.63, 3.8) is 0 Å². The van der Waals surface area contributed by atoms with E-state index < -0.39 is 0 Å². The number of hydrogen-bond donors (Lipinski definition) is 1. The molecule has 0 bridgehead atoms. The number of nitrogens with zero attached hydrogens (tertiary/aromatic N) is 1. The Morgan fingerprint density at radius 2 is 2.00 bits per heavy atom. The molecule has 1 aliphatic rings. The van der Waals surface area contributed by atoms with Crippen LogP contribution in [0.3, 0.4) is 0 Å². The van der Waals surface area contributed by atoms with Crippen LogP contribution >= 0.6 is 0 Å². The summed E-state index contributed by atoms with van der Waals surface area (Å²) in [4.78, 5) is 7.88. The number of allylic oxidation sites excluding steroid dienone is 1. The van der Waals surface area contributed by atoms with Crippen molar-refractivity contribution < 1.29 is 0 Å². The van der Waals surface area contributed by atoms with Crippen molar-refractivity contribution in [2.45, 2.75) is 6.92 Å². The van der Waals surface area contributed by atoms with E-state index in [2.05, 4.69) is 47.7 Å². The first kappa shape index (κ1) is 11.2. The highest BCUT2D eigenvalue weighted by Crippen LogP contribution is 2.27. The van der Waals surface area contributed by atoms with Crippen molar-refractivity contribution in [3.8, 4) is 0 Å². The lowest BCUT2D eigenvalue weighted by atomic mass is 10.0. The Labute approximate surface area is 116 Å². The molecule has 1 N–H and O–H groups in total. The van der Waals surface area contributed by atoms with E-state index >= 15 is 0 Å². The summed E-state index contributed by atoms with van der Waals surface area (Å²) in [5.74, 6) is 0. The van der Waals surface area contributed by atoms with Gasteiger partial charge in [0.1, 0.15) is 0 Å². The predicted octanol–water partition coefficient (Wildman–Crippen LogP) is 2.59. The van der Waals surface area contributed by atoms with Gasteiger partial charge in [0, 0.05) is 33.4 Å². The molecule has 1 aliphatic carbocycles. The molecule has 20 heavy (non-hydrogen) atoms. The van der Waals surface area contributed by atoms with Crippen molar-refractivity contribution in [2.75, 3.05) is 0 Å². The smallest absolute Gasteiger partial charge is 0.0702 e. The van der Waals surface area contributed by atoms with Gasteiger partial charge in [0.25, 0.3) is 0 Å². The normalized spacial score (nSPS) is 13.7. The fourth-order valence-corrected chi connectivity index (χ4v) is 2.86. The summed E-state index contributed by atoms with van der Waals surface area (Å²) in [6, 6.07) is 12.5. The van der Waals surface area contributed by atoms with E-state index in [1.165, 1.54) is 27.4 Å². The maximum atomic E-state index is 4.55. The van der Waals surface area contributed by atoms with Crippen molar-refractivity contribution >= 4 is 28.6 Å². The third kappa shape index (κ3) is 1.55. The van der Waals surface area contributed by atoms with Crippen molar-refractivity contribution in [1.29, 1.82) is 0 Å². The number of aromatic nitrogens is 2. The largest absolute Gasteiger partial charge is 0.355 e. The highest BCUT2D eigenvalue weighted by Gasteiger charge is 2.15. The number of pyridine rings is 1. The molecule has 4 rings (SSSR count). The highest BCUT2D eigenvalue weighted by atomic mass is 14.7. The van der Waals surface area contributed by atoms with Gasteiger partial charge in [-0.15, -0.1) is 0 Å². The van der Waals surface area contributed by atoms with Gasteiger partial charge in [0.15, 0.2) is 0 Å². The topological polar surface area (TPSA) is 28.7 Å². The minimum Gasteiger partial charge on any atom is -0.355 e. The molecule has 0 atom stereocenters. The average Bonchev–Trinajstić information content (AvgIpc) is 2.98. The maximum Gasteiger partial charge on any atom is 0.0702 e. The van der Waals surface area contributed by atoms with Gasteiger partial charge in [-0.2, -0.15) is 0 Å². The van der Waals surface area contributed by atoms with Crippen LogP contribution in [0.5, 0.6) is 0 Å². The van der Waals surface area contributed by atoms with E-state index in [0.717, 1.165) is 16.4 Å². The summed E-state index contributed by atoms with van der Waals surface area (Å²) in [5, 5.41) is 3.30. The van der Waals surface area contributed by atoms with Gasteiger partial charge >= 0.3 is 0 Å². The number of aromatic amines is 1. The van der Waals surface area contributed by atoms with E-state index in [1.54, 1.807) is 0 Å². The molecule has 0 saturated heterocycles. The van der Waals surface area contributed by atoms with E-state index in [0.29, 0.717) is 0 Å². The number of H-pyrrole nitrogens is 1. The summed E-state index contributed by atoms with van der Waals surface area (Å²) >= 11 is 0. The summed E-state index contributed by atoms with van der Waals surface area (Å²) in [6.07, 6.45) is 4.17. The van der Waals surface area contributed by atoms with Crippen LogP contribution in [0.25, 0.3) is 28.6 Å². The SMILES string of the molecule is C=c1cc2c([nH]1)=C(C)C=C2c1cnc2ccccc2c1. The lowest BCUT2D eigenvalue weighted by molar-refractivity contribution is 1.26. The van der Waals surface area contributed by atoms with Gasteiger partial charge < -0.3 is 4.98 Å². The van der Waals surface area contributed by atoms with Crippen LogP contribution in [0.15, 0.2) is 48.7 Å². The minimum absolute atomic E-state index is 0.952.